The van der Waals surface area contributed by atoms with Gasteiger partial charge in [0, 0.05) is 36.3 Å². The molecule has 3 aromatic carbocycles. The molecule has 4 bridgehead atoms. The summed E-state index contributed by atoms with van der Waals surface area (Å²) in [5.74, 6) is 0.500. The lowest BCUT2D eigenvalue weighted by molar-refractivity contribution is 0.0976. The summed E-state index contributed by atoms with van der Waals surface area (Å²) in [5.41, 5.74) is 8.95. The fourth-order valence-corrected chi connectivity index (χ4v) is 5.39. The smallest absolute Gasteiger partial charge is 0.256 e. The van der Waals surface area contributed by atoms with Crippen LogP contribution in [0, 0.1) is 6.92 Å². The second-order valence-electron chi connectivity index (χ2n) is 11.2. The molecule has 2 aliphatic heterocycles. The minimum atomic E-state index is -0.151. The van der Waals surface area contributed by atoms with Crippen molar-refractivity contribution in [2.45, 2.75) is 46.1 Å². The third-order valence-electron chi connectivity index (χ3n) is 7.59. The highest BCUT2D eigenvalue weighted by atomic mass is 16.5. The Bertz CT molecular complexity index is 1550. The standard InChI is InChI=1S/C36H40N4O2/c1-25(2)12-15-33-29-13-16-34(40-18-20-42-21-19-40)30(24-29)14-17-35(38-32-11-6-5-8-26(32)3)39-36(41)31-10-7-9-28(23-31)22-27(4)37-33/h5-13,15-16,23-24,27H,1,14,17-22H2,2-4H3,(H,38,39,41)/b15-12-,37-33+/t27-/m1/s1. The Balaban J connectivity index is 1.63. The van der Waals surface area contributed by atoms with E-state index in [-0.39, 0.29) is 11.9 Å². The number of aryl methyl sites for hydroxylation is 2. The van der Waals surface area contributed by atoms with Gasteiger partial charge in [-0.3, -0.25) is 9.79 Å². The van der Waals surface area contributed by atoms with Crippen LogP contribution in [0.5, 0.6) is 0 Å². The van der Waals surface area contributed by atoms with E-state index in [0.717, 1.165) is 46.8 Å². The molecular formula is C36H40N4O2. The van der Waals surface area contributed by atoms with E-state index in [1.807, 2.05) is 62.4 Å². The van der Waals surface area contributed by atoms with Crippen molar-refractivity contribution in [3.8, 4) is 0 Å². The van der Waals surface area contributed by atoms with Crippen LogP contribution in [0.4, 0.5) is 11.4 Å². The van der Waals surface area contributed by atoms with E-state index < -0.39 is 0 Å². The number of amides is 1. The minimum absolute atomic E-state index is 0.0127. The van der Waals surface area contributed by atoms with Crippen molar-refractivity contribution in [3.63, 3.8) is 0 Å². The van der Waals surface area contributed by atoms with Gasteiger partial charge in [-0.2, -0.15) is 0 Å². The average Bonchev–Trinajstić information content (AvgIpc) is 2.99. The largest absolute Gasteiger partial charge is 0.378 e. The lowest BCUT2D eigenvalue weighted by atomic mass is 9.99. The number of carbonyl (C=O) groups is 1. The van der Waals surface area contributed by atoms with Crippen LogP contribution < -0.4 is 10.2 Å². The van der Waals surface area contributed by atoms with Crippen LogP contribution >= 0.6 is 0 Å². The summed E-state index contributed by atoms with van der Waals surface area (Å²) in [6, 6.07) is 22.5. The highest BCUT2D eigenvalue weighted by molar-refractivity contribution is 6.09. The number of allylic oxidation sites excluding steroid dienone is 3. The quantitative estimate of drug-likeness (QED) is 0.357. The van der Waals surface area contributed by atoms with E-state index in [4.69, 9.17) is 14.7 Å². The monoisotopic (exact) mass is 560 g/mol. The summed E-state index contributed by atoms with van der Waals surface area (Å²) in [4.78, 5) is 26.0. The molecule has 1 fully saturated rings. The van der Waals surface area contributed by atoms with Gasteiger partial charge in [0.05, 0.1) is 30.7 Å². The maximum Gasteiger partial charge on any atom is 0.256 e. The minimum Gasteiger partial charge on any atom is -0.378 e. The van der Waals surface area contributed by atoms with Crippen LogP contribution in [0.2, 0.25) is 0 Å². The van der Waals surface area contributed by atoms with Gasteiger partial charge in [0.25, 0.3) is 5.91 Å². The van der Waals surface area contributed by atoms with Crippen LogP contribution in [0.1, 0.15) is 52.9 Å². The lowest BCUT2D eigenvalue weighted by Crippen LogP contribution is -2.37. The number of para-hydroxylation sites is 1. The number of amidine groups is 1. The first-order valence-corrected chi connectivity index (χ1v) is 14.8. The van der Waals surface area contributed by atoms with Gasteiger partial charge in [-0.25, -0.2) is 4.99 Å². The molecule has 0 aliphatic carbocycles. The number of aliphatic imine (C=N–C) groups is 2. The normalized spacial score (nSPS) is 20.4. The summed E-state index contributed by atoms with van der Waals surface area (Å²) in [5, 5.41) is 3.16. The molecule has 216 valence electrons. The molecule has 0 unspecified atom stereocenters. The Kier molecular flexibility index (Phi) is 9.45. The van der Waals surface area contributed by atoms with Gasteiger partial charge in [-0.15, -0.1) is 0 Å². The zero-order valence-electron chi connectivity index (χ0n) is 24.9. The Morgan fingerprint density at radius 1 is 1.05 bits per heavy atom. The molecule has 5 rings (SSSR count). The molecule has 3 aromatic rings. The predicted molar refractivity (Wildman–Crippen MR) is 174 cm³/mol. The molecule has 0 radical (unpaired) electrons. The molecule has 6 nitrogen and oxygen atoms in total. The van der Waals surface area contributed by atoms with Crippen LogP contribution in [-0.4, -0.2) is 49.8 Å². The molecule has 6 heteroatoms. The maximum absolute atomic E-state index is 13.5. The third-order valence-corrected chi connectivity index (χ3v) is 7.59. The summed E-state index contributed by atoms with van der Waals surface area (Å²) in [6.45, 7) is 13.3. The number of nitrogens with zero attached hydrogens (tertiary/aromatic N) is 3. The van der Waals surface area contributed by atoms with Crippen LogP contribution in [0.15, 0.2) is 101 Å². The maximum atomic E-state index is 13.5. The number of morpholine rings is 1. The summed E-state index contributed by atoms with van der Waals surface area (Å²) in [7, 11) is 0. The average molecular weight is 561 g/mol. The molecule has 0 saturated carbocycles. The molecular weight excluding hydrogens is 520 g/mol. The zero-order chi connectivity index (χ0) is 29.5. The van der Waals surface area contributed by atoms with E-state index in [0.29, 0.717) is 43.9 Å². The molecule has 42 heavy (non-hydrogen) atoms. The number of ether oxygens (including phenoxy) is 1. The Hall–Kier alpha value is -4.29. The highest BCUT2D eigenvalue weighted by Crippen LogP contribution is 2.27. The number of carbonyl (C=O) groups excluding carboxylic acids is 1. The number of hydrogen-bond acceptors (Lipinski definition) is 5. The first kappa shape index (κ1) is 29.2. The van der Waals surface area contributed by atoms with Gasteiger partial charge in [0.15, 0.2) is 0 Å². The Morgan fingerprint density at radius 3 is 2.64 bits per heavy atom. The second-order valence-corrected chi connectivity index (χ2v) is 11.2. The van der Waals surface area contributed by atoms with E-state index in [9.17, 15) is 4.79 Å². The lowest BCUT2D eigenvalue weighted by Gasteiger charge is -2.31. The van der Waals surface area contributed by atoms with Crippen molar-refractivity contribution in [1.29, 1.82) is 0 Å². The molecule has 2 heterocycles. The molecule has 0 aromatic heterocycles. The van der Waals surface area contributed by atoms with Crippen molar-refractivity contribution >= 4 is 28.8 Å². The topological polar surface area (TPSA) is 66.3 Å². The van der Waals surface area contributed by atoms with Gasteiger partial charge < -0.3 is 15.0 Å². The molecule has 1 N–H and O–H groups in total. The number of anilines is 1. The van der Waals surface area contributed by atoms with E-state index in [2.05, 4.69) is 54.1 Å². The molecule has 1 saturated heterocycles. The number of hydrogen-bond donors (Lipinski definition) is 1. The van der Waals surface area contributed by atoms with Crippen molar-refractivity contribution in [3.05, 3.63) is 119 Å². The highest BCUT2D eigenvalue weighted by Gasteiger charge is 2.19. The summed E-state index contributed by atoms with van der Waals surface area (Å²) >= 11 is 0. The summed E-state index contributed by atoms with van der Waals surface area (Å²) < 4.78 is 5.65. The first-order valence-electron chi connectivity index (χ1n) is 14.8. The SMILES string of the molecule is C=C(C)/C=C\C1=N/[C@H](C)Cc2cccc(c2)C(=O)N/C(=N/c2ccccc2C)CCc2cc1ccc2N1CCOCC1. The van der Waals surface area contributed by atoms with E-state index in [1.54, 1.807) is 0 Å². The number of rotatable bonds is 4. The fourth-order valence-electron chi connectivity index (χ4n) is 5.39. The number of benzene rings is 3. The second kappa shape index (κ2) is 13.6. The first-order chi connectivity index (χ1) is 20.4. The number of fused-ring (bicyclic) bond motifs is 4. The van der Waals surface area contributed by atoms with Gasteiger partial charge >= 0.3 is 0 Å². The molecule has 1 amide bonds. The van der Waals surface area contributed by atoms with E-state index in [1.165, 1.54) is 11.3 Å². The molecule has 0 spiro atoms. The van der Waals surface area contributed by atoms with Gasteiger partial charge in [0.2, 0.25) is 0 Å². The van der Waals surface area contributed by atoms with Crippen molar-refractivity contribution in [1.82, 2.24) is 5.32 Å². The predicted octanol–water partition coefficient (Wildman–Crippen LogP) is 6.79. The molecule has 1 atom stereocenters. The molecule has 2 aliphatic rings. The van der Waals surface area contributed by atoms with Gasteiger partial charge in [-0.05, 0) is 86.7 Å². The number of nitrogens with one attached hydrogen (secondary N) is 1. The third kappa shape index (κ3) is 7.51. The van der Waals surface area contributed by atoms with Crippen molar-refractivity contribution in [2.24, 2.45) is 9.98 Å². The van der Waals surface area contributed by atoms with Crippen LogP contribution in [0.25, 0.3) is 0 Å². The van der Waals surface area contributed by atoms with Crippen molar-refractivity contribution in [2.75, 3.05) is 31.2 Å². The van der Waals surface area contributed by atoms with Crippen LogP contribution in [0.3, 0.4) is 0 Å². The fraction of sp³-hybridized carbons (Fsp3) is 0.306. The van der Waals surface area contributed by atoms with E-state index >= 15 is 0 Å². The van der Waals surface area contributed by atoms with Crippen LogP contribution in [-0.2, 0) is 17.6 Å². The van der Waals surface area contributed by atoms with Crippen molar-refractivity contribution < 1.29 is 9.53 Å². The van der Waals surface area contributed by atoms with Gasteiger partial charge in [-0.1, -0.05) is 54.6 Å². The Morgan fingerprint density at radius 2 is 1.86 bits per heavy atom. The Labute approximate surface area is 249 Å². The summed E-state index contributed by atoms with van der Waals surface area (Å²) in [6.07, 6.45) is 6.08. The zero-order valence-corrected chi connectivity index (χ0v) is 24.9. The van der Waals surface area contributed by atoms with Gasteiger partial charge in [0.1, 0.15) is 5.84 Å².